The number of benzene rings is 2. The van der Waals surface area contributed by atoms with E-state index in [2.05, 4.69) is 5.10 Å². The fourth-order valence-electron chi connectivity index (χ4n) is 3.73. The SMILES string of the molecule is Cc1c(C(=O)N2CCN(S(=O)(=O)c3cccc(C(F)(F)F)c3)CC2)cnn1-c1ccccc1. The molecule has 1 fully saturated rings. The Kier molecular flexibility index (Phi) is 6.02. The lowest BCUT2D eigenvalue weighted by Gasteiger charge is -2.34. The third-order valence-corrected chi connectivity index (χ3v) is 7.46. The van der Waals surface area contributed by atoms with Crippen LogP contribution >= 0.6 is 0 Å². The first-order valence-corrected chi connectivity index (χ1v) is 11.6. The smallest absolute Gasteiger partial charge is 0.336 e. The molecule has 2 aromatic carbocycles. The van der Waals surface area contributed by atoms with Crippen LogP contribution in [0.25, 0.3) is 5.69 Å². The van der Waals surface area contributed by atoms with E-state index in [1.165, 1.54) is 11.1 Å². The predicted octanol–water partition coefficient (Wildman–Crippen LogP) is 3.35. The molecule has 2 heterocycles. The molecule has 11 heteroatoms. The number of carbonyl (C=O) groups excluding carboxylic acids is 1. The number of alkyl halides is 3. The topological polar surface area (TPSA) is 75.5 Å². The number of nitrogens with zero attached hydrogens (tertiary/aromatic N) is 4. The highest BCUT2D eigenvalue weighted by molar-refractivity contribution is 7.89. The molecule has 0 unspecified atom stereocenters. The highest BCUT2D eigenvalue weighted by atomic mass is 32.2. The molecule has 0 N–H and O–H groups in total. The Balaban J connectivity index is 1.47. The molecule has 0 saturated carbocycles. The standard InChI is InChI=1S/C22H21F3N4O3S/c1-16-20(15-26-29(16)18-7-3-2-4-8-18)21(30)27-10-12-28(13-11-27)33(31,32)19-9-5-6-17(14-19)22(23,24)25/h2-9,14-15H,10-13H2,1H3. The van der Waals surface area contributed by atoms with E-state index in [-0.39, 0.29) is 32.1 Å². The van der Waals surface area contributed by atoms with Gasteiger partial charge in [-0.3, -0.25) is 4.79 Å². The zero-order chi connectivity index (χ0) is 23.8. The fraction of sp³-hybridized carbons (Fsp3) is 0.273. The molecule has 174 valence electrons. The fourth-order valence-corrected chi connectivity index (χ4v) is 5.20. The van der Waals surface area contributed by atoms with Crippen molar-refractivity contribution in [2.24, 2.45) is 0 Å². The van der Waals surface area contributed by atoms with Crippen LogP contribution in [-0.4, -0.2) is 59.5 Å². The maximum Gasteiger partial charge on any atom is 0.416 e. The molecule has 7 nitrogen and oxygen atoms in total. The van der Waals surface area contributed by atoms with E-state index >= 15 is 0 Å². The quantitative estimate of drug-likeness (QED) is 0.577. The summed E-state index contributed by atoms with van der Waals surface area (Å²) in [6.07, 6.45) is -3.16. The molecule has 0 atom stereocenters. The Bertz CT molecular complexity index is 1270. The van der Waals surface area contributed by atoms with Crippen molar-refractivity contribution in [1.29, 1.82) is 0 Å². The van der Waals surface area contributed by atoms with E-state index in [1.54, 1.807) is 11.6 Å². The van der Waals surface area contributed by atoms with E-state index in [1.807, 2.05) is 30.3 Å². The van der Waals surface area contributed by atoms with Crippen molar-refractivity contribution >= 4 is 15.9 Å². The number of rotatable bonds is 4. The van der Waals surface area contributed by atoms with Crippen LogP contribution in [0, 0.1) is 6.92 Å². The van der Waals surface area contributed by atoms with E-state index in [9.17, 15) is 26.4 Å². The number of aromatic nitrogens is 2. The number of carbonyl (C=O) groups is 1. The monoisotopic (exact) mass is 478 g/mol. The largest absolute Gasteiger partial charge is 0.416 e. The van der Waals surface area contributed by atoms with Gasteiger partial charge in [-0.1, -0.05) is 24.3 Å². The van der Waals surface area contributed by atoms with Gasteiger partial charge in [-0.15, -0.1) is 0 Å². The van der Waals surface area contributed by atoms with Crippen LogP contribution < -0.4 is 0 Å². The third-order valence-electron chi connectivity index (χ3n) is 5.57. The lowest BCUT2D eigenvalue weighted by atomic mass is 10.2. The van der Waals surface area contributed by atoms with Crippen molar-refractivity contribution in [2.45, 2.75) is 18.0 Å². The Morgan fingerprint density at radius 2 is 1.64 bits per heavy atom. The summed E-state index contributed by atoms with van der Waals surface area (Å²) < 4.78 is 67.4. The summed E-state index contributed by atoms with van der Waals surface area (Å²) in [6, 6.07) is 13.0. The summed E-state index contributed by atoms with van der Waals surface area (Å²) in [6.45, 7) is 1.98. The number of piperazine rings is 1. The van der Waals surface area contributed by atoms with Crippen LogP contribution in [-0.2, 0) is 16.2 Å². The molecule has 0 aliphatic carbocycles. The van der Waals surface area contributed by atoms with Gasteiger partial charge in [-0.05, 0) is 37.3 Å². The van der Waals surface area contributed by atoms with E-state index in [4.69, 9.17) is 0 Å². The molecule has 33 heavy (non-hydrogen) atoms. The summed E-state index contributed by atoms with van der Waals surface area (Å²) in [5.41, 5.74) is 0.854. The van der Waals surface area contributed by atoms with Gasteiger partial charge >= 0.3 is 6.18 Å². The number of para-hydroxylation sites is 1. The van der Waals surface area contributed by atoms with Gasteiger partial charge in [-0.2, -0.15) is 22.6 Å². The van der Waals surface area contributed by atoms with Gasteiger partial charge < -0.3 is 4.90 Å². The molecule has 1 amide bonds. The second-order valence-corrected chi connectivity index (χ2v) is 9.55. The normalized spacial score (nSPS) is 15.6. The molecule has 1 aliphatic rings. The summed E-state index contributed by atoms with van der Waals surface area (Å²) in [5, 5.41) is 4.29. The molecule has 0 bridgehead atoms. The second-order valence-electron chi connectivity index (χ2n) is 7.61. The zero-order valence-electron chi connectivity index (χ0n) is 17.7. The van der Waals surface area contributed by atoms with Gasteiger partial charge in [-0.25, -0.2) is 13.1 Å². The minimum Gasteiger partial charge on any atom is -0.336 e. The van der Waals surface area contributed by atoms with Crippen LogP contribution in [0.4, 0.5) is 13.2 Å². The highest BCUT2D eigenvalue weighted by Crippen LogP contribution is 2.31. The Morgan fingerprint density at radius 3 is 2.27 bits per heavy atom. The number of hydrogen-bond acceptors (Lipinski definition) is 4. The first-order valence-electron chi connectivity index (χ1n) is 10.2. The van der Waals surface area contributed by atoms with Crippen LogP contribution in [0.5, 0.6) is 0 Å². The van der Waals surface area contributed by atoms with Crippen molar-refractivity contribution < 1.29 is 26.4 Å². The van der Waals surface area contributed by atoms with Gasteiger partial charge in [0.05, 0.1) is 33.6 Å². The van der Waals surface area contributed by atoms with Crippen LogP contribution in [0.1, 0.15) is 21.6 Å². The van der Waals surface area contributed by atoms with Crippen molar-refractivity contribution in [1.82, 2.24) is 19.0 Å². The Hall–Kier alpha value is -3.18. The molecular weight excluding hydrogens is 457 g/mol. The second kappa shape index (κ2) is 8.64. The van der Waals surface area contributed by atoms with Crippen LogP contribution in [0.15, 0.2) is 65.7 Å². The third kappa shape index (κ3) is 4.51. The van der Waals surface area contributed by atoms with Crippen molar-refractivity contribution in [3.63, 3.8) is 0 Å². The molecule has 3 aromatic rings. The van der Waals surface area contributed by atoms with Gasteiger partial charge in [0.25, 0.3) is 5.91 Å². The molecule has 1 aliphatic heterocycles. The summed E-state index contributed by atoms with van der Waals surface area (Å²) >= 11 is 0. The van der Waals surface area contributed by atoms with Crippen molar-refractivity contribution in [3.05, 3.63) is 77.6 Å². The zero-order valence-corrected chi connectivity index (χ0v) is 18.5. The average molecular weight is 478 g/mol. The molecule has 0 spiro atoms. The number of halogens is 3. The minimum absolute atomic E-state index is 0.0177. The lowest BCUT2D eigenvalue weighted by Crippen LogP contribution is -2.50. The van der Waals surface area contributed by atoms with Crippen molar-refractivity contribution in [2.75, 3.05) is 26.2 Å². The summed E-state index contributed by atoms with van der Waals surface area (Å²) in [7, 11) is -4.12. The summed E-state index contributed by atoms with van der Waals surface area (Å²) in [5.74, 6) is -0.272. The first-order chi connectivity index (χ1) is 15.6. The van der Waals surface area contributed by atoms with E-state index < -0.39 is 26.7 Å². The van der Waals surface area contributed by atoms with Gasteiger partial charge in [0.2, 0.25) is 10.0 Å². The molecule has 4 rings (SSSR count). The molecule has 1 saturated heterocycles. The van der Waals surface area contributed by atoms with Crippen LogP contribution in [0.3, 0.4) is 0 Å². The number of amides is 1. The van der Waals surface area contributed by atoms with E-state index in [0.29, 0.717) is 17.3 Å². The van der Waals surface area contributed by atoms with E-state index in [0.717, 1.165) is 28.2 Å². The molecule has 0 radical (unpaired) electrons. The van der Waals surface area contributed by atoms with Gasteiger partial charge in [0.1, 0.15) is 0 Å². The predicted molar refractivity (Wildman–Crippen MR) is 114 cm³/mol. The lowest BCUT2D eigenvalue weighted by molar-refractivity contribution is -0.137. The minimum atomic E-state index is -4.64. The first kappa shape index (κ1) is 23.0. The number of sulfonamides is 1. The Labute approximate surface area is 189 Å². The Morgan fingerprint density at radius 1 is 0.970 bits per heavy atom. The number of hydrogen-bond donors (Lipinski definition) is 0. The van der Waals surface area contributed by atoms with Gasteiger partial charge in [0.15, 0.2) is 0 Å². The van der Waals surface area contributed by atoms with Crippen LogP contribution in [0.2, 0.25) is 0 Å². The average Bonchev–Trinajstić information content (AvgIpc) is 3.20. The molecular formula is C22H21F3N4O3S. The maximum atomic E-state index is 13.0. The van der Waals surface area contributed by atoms with Gasteiger partial charge in [0, 0.05) is 26.2 Å². The van der Waals surface area contributed by atoms with Crippen molar-refractivity contribution in [3.8, 4) is 5.69 Å². The maximum absolute atomic E-state index is 13.0. The molecule has 1 aromatic heterocycles. The highest BCUT2D eigenvalue weighted by Gasteiger charge is 2.35. The summed E-state index contributed by atoms with van der Waals surface area (Å²) in [4.78, 5) is 14.1.